The van der Waals surface area contributed by atoms with Crippen LogP contribution in [0.2, 0.25) is 10.0 Å². The molecule has 0 radical (unpaired) electrons. The number of hydrogen-bond donors (Lipinski definition) is 1. The zero-order valence-corrected chi connectivity index (χ0v) is 16.1. The highest BCUT2D eigenvalue weighted by Crippen LogP contribution is 2.43. The largest absolute Gasteiger partial charge is 0.495 e. The zero-order chi connectivity index (χ0) is 18.1. The summed E-state index contributed by atoms with van der Waals surface area (Å²) in [6, 6.07) is 9.08. The van der Waals surface area contributed by atoms with Crippen molar-refractivity contribution in [3.8, 4) is 11.5 Å². The standard InChI is InChI=1S/C18H15Cl2NO3S/c1-9-4-6-12(23-2)11(8-9)21-18(22)17-14(19)10-5-7-13(24-3)15(20)16(10)25-17/h4-8H,1-3H3,(H,21,22). The van der Waals surface area contributed by atoms with E-state index in [1.165, 1.54) is 11.3 Å². The van der Waals surface area contributed by atoms with E-state index in [4.69, 9.17) is 32.7 Å². The third-order valence-electron chi connectivity index (χ3n) is 3.73. The van der Waals surface area contributed by atoms with Crippen molar-refractivity contribution in [3.05, 3.63) is 50.8 Å². The number of thiophene rings is 1. The van der Waals surface area contributed by atoms with Crippen LogP contribution in [0.4, 0.5) is 5.69 Å². The number of ether oxygens (including phenoxy) is 2. The van der Waals surface area contributed by atoms with Gasteiger partial charge in [0.05, 0.1) is 29.6 Å². The maximum atomic E-state index is 12.7. The molecule has 1 heterocycles. The van der Waals surface area contributed by atoms with E-state index in [0.29, 0.717) is 36.8 Å². The van der Waals surface area contributed by atoms with Crippen LogP contribution in [0.5, 0.6) is 11.5 Å². The average Bonchev–Trinajstić information content (AvgIpc) is 2.93. The van der Waals surface area contributed by atoms with E-state index in [1.807, 2.05) is 19.1 Å². The fourth-order valence-electron chi connectivity index (χ4n) is 2.48. The zero-order valence-electron chi connectivity index (χ0n) is 13.8. The van der Waals surface area contributed by atoms with E-state index in [2.05, 4.69) is 5.32 Å². The van der Waals surface area contributed by atoms with Crippen molar-refractivity contribution in [3.63, 3.8) is 0 Å². The molecule has 0 saturated heterocycles. The van der Waals surface area contributed by atoms with E-state index < -0.39 is 0 Å². The van der Waals surface area contributed by atoms with Gasteiger partial charge in [0.1, 0.15) is 21.4 Å². The predicted octanol–water partition coefficient (Wildman–Crippen LogP) is 5.79. The molecule has 0 aliphatic carbocycles. The molecule has 0 aliphatic rings. The highest BCUT2D eigenvalue weighted by Gasteiger charge is 2.21. The first kappa shape index (κ1) is 17.9. The molecule has 2 aromatic carbocycles. The van der Waals surface area contributed by atoms with Crippen molar-refractivity contribution in [2.75, 3.05) is 19.5 Å². The van der Waals surface area contributed by atoms with Gasteiger partial charge in [-0.3, -0.25) is 4.79 Å². The lowest BCUT2D eigenvalue weighted by Gasteiger charge is -2.10. The predicted molar refractivity (Wildman–Crippen MR) is 104 cm³/mol. The summed E-state index contributed by atoms with van der Waals surface area (Å²) in [6.07, 6.45) is 0. The van der Waals surface area contributed by atoms with Crippen LogP contribution in [-0.4, -0.2) is 20.1 Å². The van der Waals surface area contributed by atoms with Gasteiger partial charge in [-0.05, 0) is 36.8 Å². The minimum Gasteiger partial charge on any atom is -0.495 e. The molecule has 0 unspecified atom stereocenters. The van der Waals surface area contributed by atoms with Gasteiger partial charge in [-0.25, -0.2) is 0 Å². The van der Waals surface area contributed by atoms with Crippen LogP contribution in [0, 0.1) is 6.92 Å². The van der Waals surface area contributed by atoms with Crippen molar-refractivity contribution in [2.45, 2.75) is 6.92 Å². The van der Waals surface area contributed by atoms with Crippen LogP contribution in [0.15, 0.2) is 30.3 Å². The lowest BCUT2D eigenvalue weighted by Crippen LogP contribution is -2.11. The lowest BCUT2D eigenvalue weighted by molar-refractivity contribution is 0.103. The molecule has 1 amide bonds. The number of fused-ring (bicyclic) bond motifs is 1. The third kappa shape index (κ3) is 3.27. The molecule has 0 bridgehead atoms. The van der Waals surface area contributed by atoms with Gasteiger partial charge in [-0.15, -0.1) is 11.3 Å². The van der Waals surface area contributed by atoms with Crippen molar-refractivity contribution in [1.29, 1.82) is 0 Å². The van der Waals surface area contributed by atoms with Gasteiger partial charge >= 0.3 is 0 Å². The smallest absolute Gasteiger partial charge is 0.267 e. The number of carbonyl (C=O) groups is 1. The number of rotatable bonds is 4. The summed E-state index contributed by atoms with van der Waals surface area (Å²) in [5, 5.41) is 4.39. The van der Waals surface area contributed by atoms with Crippen LogP contribution < -0.4 is 14.8 Å². The minimum absolute atomic E-state index is 0.315. The Kier molecular flexibility index (Phi) is 5.08. The molecular weight excluding hydrogens is 381 g/mol. The summed E-state index contributed by atoms with van der Waals surface area (Å²) in [5.41, 5.74) is 1.59. The normalized spacial score (nSPS) is 10.8. The Morgan fingerprint density at radius 3 is 2.40 bits per heavy atom. The van der Waals surface area contributed by atoms with Gasteiger partial charge in [0.15, 0.2) is 0 Å². The van der Waals surface area contributed by atoms with Gasteiger partial charge < -0.3 is 14.8 Å². The lowest BCUT2D eigenvalue weighted by atomic mass is 10.2. The first-order valence-corrected chi connectivity index (χ1v) is 8.94. The first-order chi connectivity index (χ1) is 12.0. The molecule has 0 spiro atoms. The van der Waals surface area contributed by atoms with Crippen LogP contribution in [0.3, 0.4) is 0 Å². The first-order valence-electron chi connectivity index (χ1n) is 7.36. The summed E-state index contributed by atoms with van der Waals surface area (Å²) in [4.78, 5) is 13.1. The number of anilines is 1. The molecule has 1 N–H and O–H groups in total. The molecule has 7 heteroatoms. The summed E-state index contributed by atoms with van der Waals surface area (Å²) < 4.78 is 11.2. The number of aryl methyl sites for hydroxylation is 1. The number of methoxy groups -OCH3 is 2. The Morgan fingerprint density at radius 1 is 1.04 bits per heavy atom. The van der Waals surface area contributed by atoms with Crippen LogP contribution in [0.1, 0.15) is 15.2 Å². The number of carbonyl (C=O) groups excluding carboxylic acids is 1. The Hall–Kier alpha value is -1.95. The molecule has 3 rings (SSSR count). The molecule has 4 nitrogen and oxygen atoms in total. The van der Waals surface area contributed by atoms with E-state index in [1.54, 1.807) is 32.4 Å². The molecule has 0 atom stereocenters. The second kappa shape index (κ2) is 7.12. The Bertz CT molecular complexity index is 969. The summed E-state index contributed by atoms with van der Waals surface area (Å²) >= 11 is 14.0. The van der Waals surface area contributed by atoms with Gasteiger partial charge in [0.25, 0.3) is 5.91 Å². The molecule has 0 fully saturated rings. The second-order valence-corrected chi connectivity index (χ2v) is 7.14. The summed E-state index contributed by atoms with van der Waals surface area (Å²) in [5.74, 6) is 0.806. The number of halogens is 2. The molecule has 1 aromatic heterocycles. The van der Waals surface area contributed by atoms with Crippen LogP contribution in [-0.2, 0) is 0 Å². The fourth-order valence-corrected chi connectivity index (χ4v) is 4.27. The number of amides is 1. The molecule has 25 heavy (non-hydrogen) atoms. The van der Waals surface area contributed by atoms with Crippen molar-refractivity contribution in [2.24, 2.45) is 0 Å². The highest BCUT2D eigenvalue weighted by molar-refractivity contribution is 7.22. The molecule has 130 valence electrons. The quantitative estimate of drug-likeness (QED) is 0.608. The SMILES string of the molecule is COc1ccc(C)cc1NC(=O)c1sc2c(Cl)c(OC)ccc2c1Cl. The molecule has 3 aromatic rings. The number of benzene rings is 2. The third-order valence-corrected chi connectivity index (χ3v) is 5.94. The van der Waals surface area contributed by atoms with E-state index >= 15 is 0 Å². The van der Waals surface area contributed by atoms with E-state index in [-0.39, 0.29) is 5.91 Å². The average molecular weight is 396 g/mol. The Labute approximate surface area is 159 Å². The van der Waals surface area contributed by atoms with Crippen molar-refractivity contribution < 1.29 is 14.3 Å². The van der Waals surface area contributed by atoms with Crippen molar-refractivity contribution in [1.82, 2.24) is 0 Å². The van der Waals surface area contributed by atoms with Crippen LogP contribution >= 0.6 is 34.5 Å². The molecule has 0 aliphatic heterocycles. The fraction of sp³-hybridized carbons (Fsp3) is 0.167. The van der Waals surface area contributed by atoms with E-state index in [9.17, 15) is 4.79 Å². The topological polar surface area (TPSA) is 47.6 Å². The van der Waals surface area contributed by atoms with Crippen molar-refractivity contribution >= 4 is 56.2 Å². The maximum Gasteiger partial charge on any atom is 0.267 e. The Balaban J connectivity index is 2.02. The second-order valence-electron chi connectivity index (χ2n) is 5.36. The summed E-state index contributed by atoms with van der Waals surface area (Å²) in [6.45, 7) is 1.94. The van der Waals surface area contributed by atoms with Gasteiger partial charge in [0.2, 0.25) is 0 Å². The molecule has 0 saturated carbocycles. The van der Waals surface area contributed by atoms with Gasteiger partial charge in [-0.1, -0.05) is 29.3 Å². The van der Waals surface area contributed by atoms with Gasteiger partial charge in [0, 0.05) is 5.39 Å². The summed E-state index contributed by atoms with van der Waals surface area (Å²) in [7, 11) is 3.10. The number of nitrogens with one attached hydrogen (secondary N) is 1. The van der Waals surface area contributed by atoms with E-state index in [0.717, 1.165) is 10.9 Å². The minimum atomic E-state index is -0.315. The highest BCUT2D eigenvalue weighted by atomic mass is 35.5. The monoisotopic (exact) mass is 395 g/mol. The maximum absolute atomic E-state index is 12.7. The van der Waals surface area contributed by atoms with Crippen LogP contribution in [0.25, 0.3) is 10.1 Å². The Morgan fingerprint density at radius 2 is 1.72 bits per heavy atom. The molecular formula is C18H15Cl2NO3S. The number of hydrogen-bond acceptors (Lipinski definition) is 4. The van der Waals surface area contributed by atoms with Gasteiger partial charge in [-0.2, -0.15) is 0 Å².